The first kappa shape index (κ1) is 17.7. The van der Waals surface area contributed by atoms with Crippen molar-refractivity contribution in [3.63, 3.8) is 0 Å². The molecule has 0 aliphatic carbocycles. The third kappa shape index (κ3) is 5.89. The Morgan fingerprint density at radius 3 is 2.83 bits per heavy atom. The van der Waals surface area contributed by atoms with Crippen LogP contribution in [0.1, 0.15) is 18.9 Å². The first-order valence-corrected chi connectivity index (χ1v) is 7.98. The lowest BCUT2D eigenvalue weighted by Crippen LogP contribution is -2.30. The molecule has 2 amide bonds. The number of urea groups is 1. The Bertz CT molecular complexity index is 644. The van der Waals surface area contributed by atoms with Crippen LogP contribution in [0.15, 0.2) is 42.6 Å². The maximum atomic E-state index is 11.7. The van der Waals surface area contributed by atoms with Crippen molar-refractivity contribution in [1.82, 2.24) is 10.3 Å². The van der Waals surface area contributed by atoms with Gasteiger partial charge in [0.1, 0.15) is 5.75 Å². The van der Waals surface area contributed by atoms with Crippen LogP contribution in [-0.2, 0) is 11.2 Å². The van der Waals surface area contributed by atoms with Gasteiger partial charge >= 0.3 is 6.03 Å². The molecule has 0 bridgehead atoms. The molecule has 0 aliphatic rings. The number of anilines is 1. The molecule has 0 spiro atoms. The van der Waals surface area contributed by atoms with Crippen LogP contribution in [0.2, 0.25) is 0 Å². The largest absolute Gasteiger partial charge is 0.439 e. The molecule has 24 heavy (non-hydrogen) atoms. The molecule has 0 atom stereocenters. The molecule has 2 N–H and O–H groups in total. The highest BCUT2D eigenvalue weighted by Crippen LogP contribution is 2.21. The predicted molar refractivity (Wildman–Crippen MR) is 93.6 cm³/mol. The van der Waals surface area contributed by atoms with Crippen molar-refractivity contribution in [3.8, 4) is 11.6 Å². The minimum Gasteiger partial charge on any atom is -0.439 e. The van der Waals surface area contributed by atoms with Crippen molar-refractivity contribution in [3.05, 3.63) is 48.2 Å². The molecule has 6 nitrogen and oxygen atoms in total. The summed E-state index contributed by atoms with van der Waals surface area (Å²) in [6.07, 6.45) is 3.28. The van der Waals surface area contributed by atoms with Gasteiger partial charge in [0.2, 0.25) is 5.88 Å². The molecule has 1 aromatic heterocycles. The molecule has 2 rings (SSSR count). The molecule has 0 radical (unpaired) electrons. The van der Waals surface area contributed by atoms with E-state index in [0.29, 0.717) is 24.7 Å². The Morgan fingerprint density at radius 1 is 1.25 bits per heavy atom. The zero-order chi connectivity index (χ0) is 17.2. The van der Waals surface area contributed by atoms with E-state index in [0.717, 1.165) is 18.6 Å². The van der Waals surface area contributed by atoms with Gasteiger partial charge in [-0.15, -0.1) is 0 Å². The maximum absolute atomic E-state index is 11.7. The molecular weight excluding hydrogens is 306 g/mol. The van der Waals surface area contributed by atoms with Gasteiger partial charge in [0.05, 0.1) is 11.9 Å². The van der Waals surface area contributed by atoms with Gasteiger partial charge in [-0.1, -0.05) is 19.1 Å². The van der Waals surface area contributed by atoms with Crippen LogP contribution in [0, 0.1) is 0 Å². The molecule has 0 unspecified atom stereocenters. The number of methoxy groups -OCH3 is 1. The first-order chi connectivity index (χ1) is 11.7. The number of hydrogen-bond acceptors (Lipinski definition) is 4. The number of ether oxygens (including phenoxy) is 2. The van der Waals surface area contributed by atoms with Gasteiger partial charge in [-0.2, -0.15) is 0 Å². The quantitative estimate of drug-likeness (QED) is 0.726. The number of hydrogen-bond donors (Lipinski definition) is 2. The van der Waals surface area contributed by atoms with Crippen LogP contribution in [0.3, 0.4) is 0 Å². The second-order valence-corrected chi connectivity index (χ2v) is 5.22. The zero-order valence-corrected chi connectivity index (χ0v) is 14.0. The summed E-state index contributed by atoms with van der Waals surface area (Å²) in [6.45, 7) is 3.27. The molecule has 1 aromatic carbocycles. The number of carbonyl (C=O) groups excluding carboxylic acids is 1. The molecular formula is C18H23N3O3. The Morgan fingerprint density at radius 2 is 2.12 bits per heavy atom. The van der Waals surface area contributed by atoms with E-state index in [1.807, 2.05) is 18.2 Å². The number of nitrogens with zero attached hydrogens (tertiary/aromatic N) is 1. The molecule has 0 fully saturated rings. The number of carbonyl (C=O) groups is 1. The summed E-state index contributed by atoms with van der Waals surface area (Å²) in [7, 11) is 1.63. The van der Waals surface area contributed by atoms with Crippen molar-refractivity contribution in [2.24, 2.45) is 0 Å². The summed E-state index contributed by atoms with van der Waals surface area (Å²) >= 11 is 0. The number of amides is 2. The fourth-order valence-electron chi connectivity index (χ4n) is 2.06. The van der Waals surface area contributed by atoms with Gasteiger partial charge in [-0.25, -0.2) is 9.78 Å². The fraction of sp³-hybridized carbons (Fsp3) is 0.333. The fourth-order valence-corrected chi connectivity index (χ4v) is 2.06. The van der Waals surface area contributed by atoms with Gasteiger partial charge in [0.25, 0.3) is 0 Å². The Labute approximate surface area is 142 Å². The maximum Gasteiger partial charge on any atom is 0.319 e. The summed E-state index contributed by atoms with van der Waals surface area (Å²) < 4.78 is 10.6. The highest BCUT2D eigenvalue weighted by atomic mass is 16.5. The zero-order valence-electron chi connectivity index (χ0n) is 14.0. The summed E-state index contributed by atoms with van der Waals surface area (Å²) in [4.78, 5) is 15.9. The summed E-state index contributed by atoms with van der Waals surface area (Å²) in [5.74, 6) is 1.23. The third-order valence-electron chi connectivity index (χ3n) is 3.33. The van der Waals surface area contributed by atoms with Crippen LogP contribution in [0.4, 0.5) is 10.5 Å². The van der Waals surface area contributed by atoms with Gasteiger partial charge in [0, 0.05) is 26.3 Å². The Hall–Kier alpha value is -2.60. The number of rotatable bonds is 8. The van der Waals surface area contributed by atoms with Gasteiger partial charge in [-0.3, -0.25) is 0 Å². The van der Waals surface area contributed by atoms with Crippen molar-refractivity contribution < 1.29 is 14.3 Å². The minimum atomic E-state index is -0.266. The highest BCUT2D eigenvalue weighted by Gasteiger charge is 2.03. The molecule has 2 aromatic rings. The molecule has 1 heterocycles. The number of aromatic nitrogens is 1. The Kier molecular flexibility index (Phi) is 7.04. The summed E-state index contributed by atoms with van der Waals surface area (Å²) in [5, 5.41) is 5.46. The van der Waals surface area contributed by atoms with Crippen LogP contribution in [-0.4, -0.2) is 31.3 Å². The van der Waals surface area contributed by atoms with Crippen LogP contribution in [0.5, 0.6) is 11.6 Å². The normalized spacial score (nSPS) is 10.2. The van der Waals surface area contributed by atoms with Crippen LogP contribution in [0.25, 0.3) is 0 Å². The smallest absolute Gasteiger partial charge is 0.319 e. The first-order valence-electron chi connectivity index (χ1n) is 7.98. The summed E-state index contributed by atoms with van der Waals surface area (Å²) in [6, 6.07) is 11.1. The molecule has 0 saturated heterocycles. The van der Waals surface area contributed by atoms with Gasteiger partial charge in [-0.05, 0) is 36.6 Å². The van der Waals surface area contributed by atoms with E-state index >= 15 is 0 Å². The van der Waals surface area contributed by atoms with E-state index in [9.17, 15) is 4.79 Å². The average molecular weight is 329 g/mol. The van der Waals surface area contributed by atoms with E-state index < -0.39 is 0 Å². The second-order valence-electron chi connectivity index (χ2n) is 5.22. The molecule has 0 saturated carbocycles. The van der Waals surface area contributed by atoms with E-state index in [1.54, 1.807) is 25.4 Å². The van der Waals surface area contributed by atoms with Crippen molar-refractivity contribution in [1.29, 1.82) is 0 Å². The lowest BCUT2D eigenvalue weighted by molar-refractivity contribution is 0.194. The Balaban J connectivity index is 1.85. The van der Waals surface area contributed by atoms with Crippen LogP contribution >= 0.6 is 0 Å². The monoisotopic (exact) mass is 329 g/mol. The van der Waals surface area contributed by atoms with E-state index in [2.05, 4.69) is 28.6 Å². The SMILES string of the molecule is CCc1cccc(Oc2ccc(NC(=O)NCCCOC)cn2)c1. The van der Waals surface area contributed by atoms with Crippen LogP contribution < -0.4 is 15.4 Å². The van der Waals surface area contributed by atoms with Crippen molar-refractivity contribution >= 4 is 11.7 Å². The molecule has 0 aliphatic heterocycles. The van der Waals surface area contributed by atoms with Gasteiger partial charge in [0.15, 0.2) is 0 Å². The second kappa shape index (κ2) is 9.52. The number of benzene rings is 1. The standard InChI is InChI=1S/C18H23N3O3/c1-3-14-6-4-7-16(12-14)24-17-9-8-15(13-20-17)21-18(22)19-10-5-11-23-2/h4,6-9,12-13H,3,5,10-11H2,1-2H3,(H2,19,21,22). The third-order valence-corrected chi connectivity index (χ3v) is 3.33. The van der Waals surface area contributed by atoms with Gasteiger partial charge < -0.3 is 20.1 Å². The summed E-state index contributed by atoms with van der Waals surface area (Å²) in [5.41, 5.74) is 1.81. The number of aryl methyl sites for hydroxylation is 1. The van der Waals surface area contributed by atoms with E-state index in [1.165, 1.54) is 5.56 Å². The lowest BCUT2D eigenvalue weighted by atomic mass is 10.2. The molecule has 128 valence electrons. The van der Waals surface area contributed by atoms with E-state index in [4.69, 9.17) is 9.47 Å². The topological polar surface area (TPSA) is 72.5 Å². The highest BCUT2D eigenvalue weighted by molar-refractivity contribution is 5.88. The van der Waals surface area contributed by atoms with Crippen molar-refractivity contribution in [2.45, 2.75) is 19.8 Å². The molecule has 6 heteroatoms. The van der Waals surface area contributed by atoms with E-state index in [-0.39, 0.29) is 6.03 Å². The average Bonchev–Trinajstić information content (AvgIpc) is 2.61. The number of pyridine rings is 1. The number of nitrogens with one attached hydrogen (secondary N) is 2. The lowest BCUT2D eigenvalue weighted by Gasteiger charge is -2.09. The predicted octanol–water partition coefficient (Wildman–Crippen LogP) is 3.59. The minimum absolute atomic E-state index is 0.266. The van der Waals surface area contributed by atoms with Crippen molar-refractivity contribution in [2.75, 3.05) is 25.6 Å².